The summed E-state index contributed by atoms with van der Waals surface area (Å²) in [7, 11) is 0. The van der Waals surface area contributed by atoms with E-state index in [4.69, 9.17) is 4.84 Å². The maximum absolute atomic E-state index is 12.8. The molecule has 1 saturated carbocycles. The molecule has 1 fully saturated rings. The lowest BCUT2D eigenvalue weighted by molar-refractivity contribution is 0.132. The number of hydrogen-bond donors (Lipinski definition) is 0. The first-order chi connectivity index (χ1) is 11.3. The average Bonchev–Trinajstić information content (AvgIpc) is 2.62. The molecule has 0 radical (unpaired) electrons. The zero-order chi connectivity index (χ0) is 15.9. The number of nitrogens with zero attached hydrogens (tertiary/aromatic N) is 1. The molecule has 0 aliphatic heterocycles. The first-order valence-corrected chi connectivity index (χ1v) is 8.31. The molecule has 23 heavy (non-hydrogen) atoms. The van der Waals surface area contributed by atoms with E-state index < -0.39 is 0 Å². The molecule has 0 spiro atoms. The van der Waals surface area contributed by atoms with Crippen LogP contribution in [0.5, 0.6) is 0 Å². The van der Waals surface area contributed by atoms with Gasteiger partial charge in [-0.2, -0.15) is 0 Å². The number of benzene rings is 2. The summed E-state index contributed by atoms with van der Waals surface area (Å²) in [6, 6.07) is 14.8. The summed E-state index contributed by atoms with van der Waals surface area (Å²) >= 11 is 0. The van der Waals surface area contributed by atoms with Gasteiger partial charge in [-0.3, -0.25) is 0 Å². The van der Waals surface area contributed by atoms with Gasteiger partial charge in [0.25, 0.3) is 0 Å². The summed E-state index contributed by atoms with van der Waals surface area (Å²) in [5.74, 6) is 0.486. The van der Waals surface area contributed by atoms with E-state index in [1.807, 2.05) is 0 Å². The number of halogens is 1. The summed E-state index contributed by atoms with van der Waals surface area (Å²) in [5.41, 5.74) is 3.37. The van der Waals surface area contributed by atoms with Gasteiger partial charge in [0.05, 0.1) is 6.21 Å². The van der Waals surface area contributed by atoms with Crippen molar-refractivity contribution in [1.82, 2.24) is 0 Å². The Morgan fingerprint density at radius 3 is 2.35 bits per heavy atom. The quantitative estimate of drug-likeness (QED) is 0.533. The minimum Gasteiger partial charge on any atom is -0.391 e. The molecule has 1 aliphatic rings. The third-order valence-corrected chi connectivity index (χ3v) is 4.43. The van der Waals surface area contributed by atoms with Crippen molar-refractivity contribution in [2.24, 2.45) is 5.16 Å². The van der Waals surface area contributed by atoms with E-state index in [1.165, 1.54) is 49.8 Å². The smallest absolute Gasteiger partial charge is 0.142 e. The third kappa shape index (κ3) is 4.65. The van der Waals surface area contributed by atoms with Crippen molar-refractivity contribution in [3.63, 3.8) is 0 Å². The molecule has 0 unspecified atom stereocenters. The molecule has 2 aromatic rings. The van der Waals surface area contributed by atoms with Crippen molar-refractivity contribution in [2.75, 3.05) is 0 Å². The number of hydrogen-bond acceptors (Lipinski definition) is 2. The molecule has 0 bridgehead atoms. The topological polar surface area (TPSA) is 21.6 Å². The van der Waals surface area contributed by atoms with E-state index in [0.717, 1.165) is 17.0 Å². The Morgan fingerprint density at radius 2 is 1.65 bits per heavy atom. The Balaban J connectivity index is 1.50. The van der Waals surface area contributed by atoms with Crippen LogP contribution >= 0.6 is 0 Å². The zero-order valence-electron chi connectivity index (χ0n) is 13.2. The van der Waals surface area contributed by atoms with Gasteiger partial charge in [-0.15, -0.1) is 0 Å². The molecular formula is C20H22FNO. The second-order valence-corrected chi connectivity index (χ2v) is 6.14. The predicted molar refractivity (Wildman–Crippen MR) is 91.1 cm³/mol. The van der Waals surface area contributed by atoms with Crippen molar-refractivity contribution in [1.29, 1.82) is 0 Å². The standard InChI is InChI=1S/C20H22FNO/c21-20-12-8-17(9-13-20)15-23-22-14-16-6-10-19(11-7-16)18-4-2-1-3-5-18/h6-14,18H,1-5,15H2. The van der Waals surface area contributed by atoms with E-state index in [2.05, 4.69) is 29.4 Å². The fraction of sp³-hybridized carbons (Fsp3) is 0.350. The Labute approximate surface area is 137 Å². The summed E-state index contributed by atoms with van der Waals surface area (Å²) < 4.78 is 12.8. The van der Waals surface area contributed by atoms with Crippen LogP contribution in [-0.4, -0.2) is 6.21 Å². The van der Waals surface area contributed by atoms with Gasteiger partial charge in [-0.25, -0.2) is 4.39 Å². The van der Waals surface area contributed by atoms with Crippen LogP contribution in [0.1, 0.15) is 54.7 Å². The van der Waals surface area contributed by atoms with Crippen LogP contribution in [-0.2, 0) is 11.4 Å². The first-order valence-electron chi connectivity index (χ1n) is 8.31. The van der Waals surface area contributed by atoms with Gasteiger partial charge in [0.2, 0.25) is 0 Å². The van der Waals surface area contributed by atoms with Crippen LogP contribution in [0.15, 0.2) is 53.7 Å². The molecule has 0 heterocycles. The lowest BCUT2D eigenvalue weighted by atomic mass is 9.84. The largest absolute Gasteiger partial charge is 0.391 e. The predicted octanol–water partition coefficient (Wildman–Crippen LogP) is 5.42. The fourth-order valence-corrected chi connectivity index (χ4v) is 3.08. The maximum Gasteiger partial charge on any atom is 0.142 e. The van der Waals surface area contributed by atoms with Gasteiger partial charge in [0.1, 0.15) is 12.4 Å². The highest BCUT2D eigenvalue weighted by atomic mass is 19.1. The van der Waals surface area contributed by atoms with Gasteiger partial charge in [-0.1, -0.05) is 60.8 Å². The van der Waals surface area contributed by atoms with E-state index in [0.29, 0.717) is 6.61 Å². The molecule has 0 N–H and O–H groups in total. The molecule has 2 aromatic carbocycles. The lowest BCUT2D eigenvalue weighted by Gasteiger charge is -2.21. The van der Waals surface area contributed by atoms with Crippen LogP contribution in [0.25, 0.3) is 0 Å². The van der Waals surface area contributed by atoms with Crippen LogP contribution in [0.3, 0.4) is 0 Å². The second kappa shape index (κ2) is 7.91. The minimum absolute atomic E-state index is 0.240. The zero-order valence-corrected chi connectivity index (χ0v) is 13.2. The molecule has 0 atom stereocenters. The highest BCUT2D eigenvalue weighted by molar-refractivity contribution is 5.79. The lowest BCUT2D eigenvalue weighted by Crippen LogP contribution is -2.04. The van der Waals surface area contributed by atoms with Crippen LogP contribution in [0.4, 0.5) is 4.39 Å². The van der Waals surface area contributed by atoms with Crippen LogP contribution in [0.2, 0.25) is 0 Å². The Bertz CT molecular complexity index is 628. The van der Waals surface area contributed by atoms with Gasteiger partial charge in [-0.05, 0) is 47.6 Å². The normalized spacial score (nSPS) is 15.9. The highest BCUT2D eigenvalue weighted by Crippen LogP contribution is 2.32. The fourth-order valence-electron chi connectivity index (χ4n) is 3.08. The van der Waals surface area contributed by atoms with Crippen molar-refractivity contribution in [2.45, 2.75) is 44.6 Å². The molecule has 2 nitrogen and oxygen atoms in total. The Hall–Kier alpha value is -2.16. The van der Waals surface area contributed by atoms with Crippen molar-refractivity contribution >= 4 is 6.21 Å². The summed E-state index contributed by atoms with van der Waals surface area (Å²) in [6.45, 7) is 0.344. The molecule has 120 valence electrons. The molecular weight excluding hydrogens is 289 g/mol. The van der Waals surface area contributed by atoms with E-state index in [-0.39, 0.29) is 5.82 Å². The van der Waals surface area contributed by atoms with Crippen molar-refractivity contribution in [3.05, 3.63) is 71.0 Å². The molecule has 1 aliphatic carbocycles. The minimum atomic E-state index is -0.240. The number of rotatable bonds is 5. The molecule has 0 saturated heterocycles. The summed E-state index contributed by atoms with van der Waals surface area (Å²) in [4.78, 5) is 5.26. The van der Waals surface area contributed by atoms with E-state index in [9.17, 15) is 4.39 Å². The SMILES string of the molecule is Fc1ccc(CON=Cc2ccc(C3CCCCC3)cc2)cc1. The Morgan fingerprint density at radius 1 is 0.957 bits per heavy atom. The van der Waals surface area contributed by atoms with Gasteiger partial charge in [0.15, 0.2) is 0 Å². The number of oxime groups is 1. The average molecular weight is 311 g/mol. The third-order valence-electron chi connectivity index (χ3n) is 4.43. The van der Waals surface area contributed by atoms with Crippen molar-refractivity contribution in [3.8, 4) is 0 Å². The molecule has 0 aromatic heterocycles. The van der Waals surface area contributed by atoms with Crippen LogP contribution < -0.4 is 0 Å². The monoisotopic (exact) mass is 311 g/mol. The van der Waals surface area contributed by atoms with E-state index in [1.54, 1.807) is 18.3 Å². The van der Waals surface area contributed by atoms with Gasteiger partial charge < -0.3 is 4.84 Å². The summed E-state index contributed by atoms with van der Waals surface area (Å²) in [6.07, 6.45) is 8.43. The first kappa shape index (κ1) is 15.7. The van der Waals surface area contributed by atoms with Gasteiger partial charge in [0, 0.05) is 0 Å². The second-order valence-electron chi connectivity index (χ2n) is 6.14. The highest BCUT2D eigenvalue weighted by Gasteiger charge is 2.14. The van der Waals surface area contributed by atoms with Crippen LogP contribution in [0, 0.1) is 5.82 Å². The summed E-state index contributed by atoms with van der Waals surface area (Å²) in [5, 5.41) is 3.98. The Kier molecular flexibility index (Phi) is 5.41. The van der Waals surface area contributed by atoms with E-state index >= 15 is 0 Å². The van der Waals surface area contributed by atoms with Gasteiger partial charge >= 0.3 is 0 Å². The molecule has 0 amide bonds. The van der Waals surface area contributed by atoms with Crippen molar-refractivity contribution < 1.29 is 9.23 Å². The molecule has 3 heteroatoms. The maximum atomic E-state index is 12.8. The molecule has 3 rings (SSSR count).